The summed E-state index contributed by atoms with van der Waals surface area (Å²) in [6, 6.07) is 6.02. The quantitative estimate of drug-likeness (QED) is 0.720. The number of hydrogen-bond donors (Lipinski definition) is 2. The van der Waals surface area contributed by atoms with E-state index in [1.54, 1.807) is 7.11 Å². The van der Waals surface area contributed by atoms with E-state index in [-0.39, 0.29) is 6.04 Å². The molecule has 1 aromatic rings. The molecule has 1 aliphatic carbocycles. The molecule has 3 nitrogen and oxygen atoms in total. The van der Waals surface area contributed by atoms with Crippen LogP contribution < -0.4 is 15.8 Å². The molecule has 0 spiro atoms. The van der Waals surface area contributed by atoms with Gasteiger partial charge in [-0.1, -0.05) is 30.5 Å². The van der Waals surface area contributed by atoms with Crippen LogP contribution in [0.25, 0.3) is 0 Å². The molecular formula is C15H23ClN2O. The molecule has 3 N–H and O–H groups in total. The van der Waals surface area contributed by atoms with Gasteiger partial charge in [0.1, 0.15) is 5.75 Å². The number of ether oxygens (including phenoxy) is 1. The average molecular weight is 283 g/mol. The van der Waals surface area contributed by atoms with Crippen molar-refractivity contribution in [2.75, 3.05) is 20.2 Å². The molecule has 1 atom stereocenters. The SMILES string of the molecule is COc1ccc(C(CN)NCCCC2CC2)cc1Cl. The third-order valence-electron chi connectivity index (χ3n) is 3.69. The first kappa shape index (κ1) is 14.6. The molecule has 1 unspecified atom stereocenters. The molecule has 1 aromatic carbocycles. The minimum absolute atomic E-state index is 0.169. The summed E-state index contributed by atoms with van der Waals surface area (Å²) < 4.78 is 5.16. The maximum atomic E-state index is 6.15. The summed E-state index contributed by atoms with van der Waals surface area (Å²) in [5.41, 5.74) is 6.97. The summed E-state index contributed by atoms with van der Waals surface area (Å²) in [7, 11) is 1.62. The Balaban J connectivity index is 1.86. The van der Waals surface area contributed by atoms with E-state index in [1.165, 1.54) is 25.7 Å². The molecule has 0 saturated heterocycles. The molecule has 0 amide bonds. The van der Waals surface area contributed by atoms with Crippen LogP contribution >= 0.6 is 11.6 Å². The number of methoxy groups -OCH3 is 1. The second-order valence-electron chi connectivity index (χ2n) is 5.22. The van der Waals surface area contributed by atoms with Gasteiger partial charge in [-0.25, -0.2) is 0 Å². The van der Waals surface area contributed by atoms with Gasteiger partial charge in [0.25, 0.3) is 0 Å². The molecule has 0 heterocycles. The number of rotatable bonds is 8. The van der Waals surface area contributed by atoms with E-state index in [2.05, 4.69) is 5.32 Å². The lowest BCUT2D eigenvalue weighted by Gasteiger charge is -2.18. The third-order valence-corrected chi connectivity index (χ3v) is 3.99. The Labute approximate surface area is 120 Å². The summed E-state index contributed by atoms with van der Waals surface area (Å²) >= 11 is 6.15. The number of halogens is 1. The third kappa shape index (κ3) is 4.37. The summed E-state index contributed by atoms with van der Waals surface area (Å²) in [5, 5.41) is 4.15. The Morgan fingerprint density at radius 1 is 1.47 bits per heavy atom. The maximum absolute atomic E-state index is 6.15. The van der Waals surface area contributed by atoms with E-state index in [0.717, 1.165) is 18.0 Å². The number of nitrogens with one attached hydrogen (secondary N) is 1. The molecule has 0 aliphatic heterocycles. The zero-order chi connectivity index (χ0) is 13.7. The molecule has 4 heteroatoms. The van der Waals surface area contributed by atoms with E-state index in [9.17, 15) is 0 Å². The Bertz CT molecular complexity index is 407. The lowest BCUT2D eigenvalue weighted by atomic mass is 10.1. The first-order valence-electron chi connectivity index (χ1n) is 7.01. The smallest absolute Gasteiger partial charge is 0.137 e. The number of benzene rings is 1. The van der Waals surface area contributed by atoms with Crippen LogP contribution in [0.15, 0.2) is 18.2 Å². The minimum atomic E-state index is 0.169. The van der Waals surface area contributed by atoms with Gasteiger partial charge in [0.05, 0.1) is 12.1 Å². The molecule has 19 heavy (non-hydrogen) atoms. The van der Waals surface area contributed by atoms with Gasteiger partial charge in [-0.15, -0.1) is 0 Å². The van der Waals surface area contributed by atoms with Gasteiger partial charge in [0, 0.05) is 12.6 Å². The number of nitrogens with two attached hydrogens (primary N) is 1. The molecule has 2 rings (SSSR count). The Morgan fingerprint density at radius 2 is 2.26 bits per heavy atom. The molecule has 1 saturated carbocycles. The van der Waals surface area contributed by atoms with Crippen LogP contribution in [0.5, 0.6) is 5.75 Å². The average Bonchev–Trinajstić information content (AvgIpc) is 3.23. The van der Waals surface area contributed by atoms with Gasteiger partial charge in [-0.2, -0.15) is 0 Å². The fraction of sp³-hybridized carbons (Fsp3) is 0.600. The van der Waals surface area contributed by atoms with Crippen molar-refractivity contribution >= 4 is 11.6 Å². The van der Waals surface area contributed by atoms with E-state index < -0.39 is 0 Å². The van der Waals surface area contributed by atoms with E-state index in [1.807, 2.05) is 18.2 Å². The highest BCUT2D eigenvalue weighted by molar-refractivity contribution is 6.32. The number of hydrogen-bond acceptors (Lipinski definition) is 3. The largest absolute Gasteiger partial charge is 0.495 e. The van der Waals surface area contributed by atoms with Gasteiger partial charge in [0.15, 0.2) is 0 Å². The molecule has 0 aromatic heterocycles. The zero-order valence-corrected chi connectivity index (χ0v) is 12.2. The molecular weight excluding hydrogens is 260 g/mol. The van der Waals surface area contributed by atoms with Crippen molar-refractivity contribution in [1.29, 1.82) is 0 Å². The van der Waals surface area contributed by atoms with Crippen LogP contribution in [0.1, 0.15) is 37.3 Å². The van der Waals surface area contributed by atoms with Crippen molar-refractivity contribution in [2.24, 2.45) is 11.7 Å². The van der Waals surface area contributed by atoms with Crippen LogP contribution in [0.4, 0.5) is 0 Å². The van der Waals surface area contributed by atoms with Gasteiger partial charge in [-0.3, -0.25) is 0 Å². The van der Waals surface area contributed by atoms with Crippen molar-refractivity contribution in [2.45, 2.75) is 31.7 Å². The van der Waals surface area contributed by atoms with Crippen molar-refractivity contribution in [3.63, 3.8) is 0 Å². The fourth-order valence-corrected chi connectivity index (χ4v) is 2.58. The first-order valence-corrected chi connectivity index (χ1v) is 7.39. The van der Waals surface area contributed by atoms with Crippen molar-refractivity contribution in [3.8, 4) is 5.75 Å². The van der Waals surface area contributed by atoms with Crippen molar-refractivity contribution in [3.05, 3.63) is 28.8 Å². The minimum Gasteiger partial charge on any atom is -0.495 e. The molecule has 0 bridgehead atoms. The van der Waals surface area contributed by atoms with Crippen molar-refractivity contribution < 1.29 is 4.74 Å². The highest BCUT2D eigenvalue weighted by atomic mass is 35.5. The van der Waals surface area contributed by atoms with E-state index in [0.29, 0.717) is 17.3 Å². The molecule has 106 valence electrons. The molecule has 1 aliphatic rings. The second-order valence-corrected chi connectivity index (χ2v) is 5.63. The zero-order valence-electron chi connectivity index (χ0n) is 11.5. The highest BCUT2D eigenvalue weighted by Gasteiger charge is 2.20. The summed E-state index contributed by atoms with van der Waals surface area (Å²) in [6.07, 6.45) is 5.42. The first-order chi connectivity index (χ1) is 9.24. The van der Waals surface area contributed by atoms with Gasteiger partial charge in [-0.05, 0) is 43.0 Å². The predicted molar refractivity (Wildman–Crippen MR) is 79.8 cm³/mol. The predicted octanol–water partition coefficient (Wildman–Crippen LogP) is 3.13. The normalized spacial score (nSPS) is 16.4. The fourth-order valence-electron chi connectivity index (χ4n) is 2.31. The highest BCUT2D eigenvalue weighted by Crippen LogP contribution is 2.33. The van der Waals surface area contributed by atoms with Gasteiger partial charge < -0.3 is 15.8 Å². The summed E-state index contributed by atoms with van der Waals surface area (Å²) in [5.74, 6) is 1.70. The Kier molecular flexibility index (Phi) is 5.49. The van der Waals surface area contributed by atoms with Crippen LogP contribution in [0, 0.1) is 5.92 Å². The summed E-state index contributed by atoms with van der Waals surface area (Å²) in [4.78, 5) is 0. The van der Waals surface area contributed by atoms with Crippen LogP contribution in [-0.2, 0) is 0 Å². The summed E-state index contributed by atoms with van der Waals surface area (Å²) in [6.45, 7) is 1.59. The lowest BCUT2D eigenvalue weighted by molar-refractivity contribution is 0.414. The van der Waals surface area contributed by atoms with Crippen molar-refractivity contribution in [1.82, 2.24) is 5.32 Å². The molecule has 1 fully saturated rings. The maximum Gasteiger partial charge on any atom is 0.137 e. The van der Waals surface area contributed by atoms with Crippen LogP contribution in [0.3, 0.4) is 0 Å². The monoisotopic (exact) mass is 282 g/mol. The van der Waals surface area contributed by atoms with Crippen LogP contribution in [0.2, 0.25) is 5.02 Å². The van der Waals surface area contributed by atoms with E-state index >= 15 is 0 Å². The standard InChI is InChI=1S/C15H23ClN2O/c1-19-15-7-6-12(9-13(15)16)14(10-17)18-8-2-3-11-4-5-11/h6-7,9,11,14,18H,2-5,8,10,17H2,1H3. The van der Waals surface area contributed by atoms with Crippen LogP contribution in [-0.4, -0.2) is 20.2 Å². The second kappa shape index (κ2) is 7.13. The Morgan fingerprint density at radius 3 is 2.84 bits per heavy atom. The van der Waals surface area contributed by atoms with E-state index in [4.69, 9.17) is 22.1 Å². The lowest BCUT2D eigenvalue weighted by Crippen LogP contribution is -2.29. The Hall–Kier alpha value is -0.770. The van der Waals surface area contributed by atoms with Gasteiger partial charge >= 0.3 is 0 Å². The molecule has 0 radical (unpaired) electrons. The van der Waals surface area contributed by atoms with Gasteiger partial charge in [0.2, 0.25) is 0 Å². The topological polar surface area (TPSA) is 47.3 Å².